The van der Waals surface area contributed by atoms with E-state index in [0.29, 0.717) is 12.1 Å². The second-order valence-electron chi connectivity index (χ2n) is 4.69. The number of halogens is 1. The predicted octanol–water partition coefficient (Wildman–Crippen LogP) is 1.31. The Balaban J connectivity index is 1.91. The first-order valence-electron chi connectivity index (χ1n) is 5.78. The van der Waals surface area contributed by atoms with Gasteiger partial charge in [-0.15, -0.1) is 11.6 Å². The highest BCUT2D eigenvalue weighted by Crippen LogP contribution is 2.29. The van der Waals surface area contributed by atoms with Crippen LogP contribution in [0.5, 0.6) is 0 Å². The van der Waals surface area contributed by atoms with E-state index in [2.05, 4.69) is 11.9 Å². The van der Waals surface area contributed by atoms with Crippen molar-refractivity contribution in [3.63, 3.8) is 0 Å². The summed E-state index contributed by atoms with van der Waals surface area (Å²) in [6.45, 7) is 2.05. The van der Waals surface area contributed by atoms with Gasteiger partial charge >= 0.3 is 0 Å². The van der Waals surface area contributed by atoms with E-state index in [0.717, 1.165) is 13.1 Å². The Morgan fingerprint density at radius 1 is 1.47 bits per heavy atom. The van der Waals surface area contributed by atoms with Gasteiger partial charge in [0.1, 0.15) is 5.88 Å². The standard InChI is InChI=1S/C11H19ClN2O/c1-13-6-2-3-10(13)8-14(9-4-5-9)11(15)7-12/h9-10H,2-8H2,1H3. The second kappa shape index (κ2) is 4.71. The number of hydrogen-bond acceptors (Lipinski definition) is 2. The van der Waals surface area contributed by atoms with Gasteiger partial charge in [-0.3, -0.25) is 4.79 Å². The molecule has 4 heteroatoms. The molecule has 1 amide bonds. The molecule has 2 aliphatic rings. The van der Waals surface area contributed by atoms with Gasteiger partial charge in [0, 0.05) is 18.6 Å². The highest BCUT2D eigenvalue weighted by molar-refractivity contribution is 6.27. The van der Waals surface area contributed by atoms with E-state index in [-0.39, 0.29) is 11.8 Å². The number of likely N-dealkylation sites (tertiary alicyclic amines) is 1. The Bertz CT molecular complexity index is 243. The molecule has 0 spiro atoms. The first-order valence-corrected chi connectivity index (χ1v) is 6.31. The lowest BCUT2D eigenvalue weighted by Crippen LogP contribution is -2.43. The molecule has 2 rings (SSSR count). The summed E-state index contributed by atoms with van der Waals surface area (Å²) in [4.78, 5) is 16.0. The van der Waals surface area contributed by atoms with Crippen LogP contribution in [0.3, 0.4) is 0 Å². The predicted molar refractivity (Wildman–Crippen MR) is 61.1 cm³/mol. The van der Waals surface area contributed by atoms with Crippen LogP contribution in [0.1, 0.15) is 25.7 Å². The molecule has 1 heterocycles. The van der Waals surface area contributed by atoms with E-state index < -0.39 is 0 Å². The first-order chi connectivity index (χ1) is 7.22. The first kappa shape index (κ1) is 11.2. The normalized spacial score (nSPS) is 26.9. The van der Waals surface area contributed by atoms with Crippen LogP contribution in [0.25, 0.3) is 0 Å². The zero-order valence-electron chi connectivity index (χ0n) is 9.29. The van der Waals surface area contributed by atoms with Gasteiger partial charge in [0.05, 0.1) is 0 Å². The minimum Gasteiger partial charge on any atom is -0.337 e. The molecular formula is C11H19ClN2O. The van der Waals surface area contributed by atoms with Crippen molar-refractivity contribution in [2.45, 2.75) is 37.8 Å². The lowest BCUT2D eigenvalue weighted by molar-refractivity contribution is -0.129. The summed E-state index contributed by atoms with van der Waals surface area (Å²) in [6, 6.07) is 1.04. The third-order valence-electron chi connectivity index (χ3n) is 3.50. The van der Waals surface area contributed by atoms with E-state index in [1.165, 1.54) is 25.7 Å². The van der Waals surface area contributed by atoms with Gasteiger partial charge in [0.15, 0.2) is 0 Å². The van der Waals surface area contributed by atoms with Crippen molar-refractivity contribution >= 4 is 17.5 Å². The molecule has 0 aromatic carbocycles. The summed E-state index contributed by atoms with van der Waals surface area (Å²) >= 11 is 5.64. The molecule has 0 bridgehead atoms. The zero-order chi connectivity index (χ0) is 10.8. The number of likely N-dealkylation sites (N-methyl/N-ethyl adjacent to an activating group) is 1. The number of carbonyl (C=O) groups is 1. The number of amides is 1. The van der Waals surface area contributed by atoms with E-state index in [1.807, 2.05) is 4.90 Å². The summed E-state index contributed by atoms with van der Waals surface area (Å²) in [5.41, 5.74) is 0. The topological polar surface area (TPSA) is 23.6 Å². The molecule has 1 aliphatic carbocycles. The summed E-state index contributed by atoms with van der Waals surface area (Å²) in [7, 11) is 2.15. The van der Waals surface area contributed by atoms with Crippen LogP contribution in [0.2, 0.25) is 0 Å². The van der Waals surface area contributed by atoms with E-state index >= 15 is 0 Å². The minimum atomic E-state index is 0.111. The molecule has 2 fully saturated rings. The molecule has 1 saturated carbocycles. The van der Waals surface area contributed by atoms with Gasteiger partial charge in [0.25, 0.3) is 0 Å². The second-order valence-corrected chi connectivity index (χ2v) is 4.95. The maximum Gasteiger partial charge on any atom is 0.237 e. The highest BCUT2D eigenvalue weighted by atomic mass is 35.5. The molecule has 15 heavy (non-hydrogen) atoms. The highest BCUT2D eigenvalue weighted by Gasteiger charge is 2.35. The lowest BCUT2D eigenvalue weighted by Gasteiger charge is -2.28. The Morgan fingerprint density at radius 3 is 2.67 bits per heavy atom. The lowest BCUT2D eigenvalue weighted by atomic mass is 10.2. The van der Waals surface area contributed by atoms with E-state index in [4.69, 9.17) is 11.6 Å². The van der Waals surface area contributed by atoms with Crippen molar-refractivity contribution in [1.82, 2.24) is 9.80 Å². The fourth-order valence-corrected chi connectivity index (χ4v) is 2.51. The van der Waals surface area contributed by atoms with Gasteiger partial charge in [-0.25, -0.2) is 0 Å². The van der Waals surface area contributed by atoms with Crippen LogP contribution in [0.4, 0.5) is 0 Å². The molecule has 86 valence electrons. The van der Waals surface area contributed by atoms with Crippen molar-refractivity contribution in [3.05, 3.63) is 0 Å². The summed E-state index contributed by atoms with van der Waals surface area (Å²) < 4.78 is 0. The Labute approximate surface area is 96.4 Å². The van der Waals surface area contributed by atoms with Crippen molar-refractivity contribution in [2.24, 2.45) is 0 Å². The minimum absolute atomic E-state index is 0.111. The van der Waals surface area contributed by atoms with Crippen LogP contribution in [0, 0.1) is 0 Å². The monoisotopic (exact) mass is 230 g/mol. The maximum atomic E-state index is 11.7. The van der Waals surface area contributed by atoms with Crippen molar-refractivity contribution in [2.75, 3.05) is 26.0 Å². The summed E-state index contributed by atoms with van der Waals surface area (Å²) in [5, 5.41) is 0. The van der Waals surface area contributed by atoms with Crippen molar-refractivity contribution in [1.29, 1.82) is 0 Å². The molecule has 0 aromatic rings. The van der Waals surface area contributed by atoms with Crippen molar-refractivity contribution in [3.8, 4) is 0 Å². The third kappa shape index (κ3) is 2.64. The molecule has 3 nitrogen and oxygen atoms in total. The van der Waals surface area contributed by atoms with Crippen LogP contribution in [-0.2, 0) is 4.79 Å². The van der Waals surface area contributed by atoms with Crippen molar-refractivity contribution < 1.29 is 4.79 Å². The molecular weight excluding hydrogens is 212 g/mol. The van der Waals surface area contributed by atoms with Gasteiger partial charge < -0.3 is 9.80 Å². The van der Waals surface area contributed by atoms with Crippen LogP contribution in [0.15, 0.2) is 0 Å². The summed E-state index contributed by atoms with van der Waals surface area (Å²) in [6.07, 6.45) is 4.81. The van der Waals surface area contributed by atoms with Gasteiger partial charge in [-0.1, -0.05) is 0 Å². The van der Waals surface area contributed by atoms with E-state index in [1.54, 1.807) is 0 Å². The van der Waals surface area contributed by atoms with Crippen LogP contribution in [-0.4, -0.2) is 53.8 Å². The molecule has 0 radical (unpaired) electrons. The molecule has 1 unspecified atom stereocenters. The molecule has 1 aliphatic heterocycles. The molecule has 0 aromatic heterocycles. The third-order valence-corrected chi connectivity index (χ3v) is 3.73. The number of rotatable bonds is 4. The zero-order valence-corrected chi connectivity index (χ0v) is 10.0. The smallest absolute Gasteiger partial charge is 0.237 e. The van der Waals surface area contributed by atoms with E-state index in [9.17, 15) is 4.79 Å². The van der Waals surface area contributed by atoms with Crippen LogP contribution < -0.4 is 0 Å². The largest absolute Gasteiger partial charge is 0.337 e. The van der Waals surface area contributed by atoms with Gasteiger partial charge in [-0.2, -0.15) is 0 Å². The maximum absolute atomic E-state index is 11.7. The van der Waals surface area contributed by atoms with Crippen LogP contribution >= 0.6 is 11.6 Å². The molecule has 0 N–H and O–H groups in total. The number of hydrogen-bond donors (Lipinski definition) is 0. The Kier molecular flexibility index (Phi) is 3.52. The fraction of sp³-hybridized carbons (Fsp3) is 0.909. The Hall–Kier alpha value is -0.280. The number of carbonyl (C=O) groups excluding carboxylic acids is 1. The average Bonchev–Trinajstić information content (AvgIpc) is 2.99. The quantitative estimate of drug-likeness (QED) is 0.680. The van der Waals surface area contributed by atoms with Gasteiger partial charge in [0.2, 0.25) is 5.91 Å². The molecule has 1 atom stereocenters. The Morgan fingerprint density at radius 2 is 2.20 bits per heavy atom. The number of alkyl halides is 1. The SMILES string of the molecule is CN1CCCC1CN(C(=O)CCl)C1CC1. The molecule has 1 saturated heterocycles. The summed E-state index contributed by atoms with van der Waals surface area (Å²) in [5.74, 6) is 0.242. The average molecular weight is 231 g/mol. The van der Waals surface area contributed by atoms with Gasteiger partial charge in [-0.05, 0) is 39.3 Å². The number of nitrogens with zero attached hydrogens (tertiary/aromatic N) is 2. The fourth-order valence-electron chi connectivity index (χ4n) is 2.35.